The molecule has 0 saturated carbocycles. The molecule has 0 aliphatic rings. The molecule has 6 heteroatoms. The minimum atomic E-state index is -0.231. The summed E-state index contributed by atoms with van der Waals surface area (Å²) in [5, 5.41) is 13.3. The van der Waals surface area contributed by atoms with Crippen LogP contribution in [0.4, 0.5) is 0 Å². The van der Waals surface area contributed by atoms with Crippen LogP contribution in [0.2, 0.25) is 0 Å². The molecule has 0 aromatic carbocycles. The molecule has 1 aromatic heterocycles. The van der Waals surface area contributed by atoms with E-state index in [0.29, 0.717) is 11.3 Å². The van der Waals surface area contributed by atoms with Crippen molar-refractivity contribution in [3.05, 3.63) is 6.33 Å². The van der Waals surface area contributed by atoms with Gasteiger partial charge < -0.3 is 10.4 Å². The minimum Gasteiger partial charge on any atom is -0.394 e. The van der Waals surface area contributed by atoms with Crippen molar-refractivity contribution in [1.82, 2.24) is 14.7 Å². The predicted octanol–water partition coefficient (Wildman–Crippen LogP) is 2.16. The molecule has 0 aliphatic heterocycles. The first-order chi connectivity index (χ1) is 7.95. The summed E-state index contributed by atoms with van der Waals surface area (Å²) < 4.78 is 4.97. The molecule has 0 bridgehead atoms. The first-order valence-electron chi connectivity index (χ1n) is 5.77. The van der Waals surface area contributed by atoms with E-state index < -0.39 is 0 Å². The van der Waals surface area contributed by atoms with Crippen LogP contribution >= 0.6 is 23.3 Å². The Bertz CT molecular complexity index is 319. The average molecular weight is 275 g/mol. The third-order valence-electron chi connectivity index (χ3n) is 2.37. The molecular formula is C11H21N3OS2. The van der Waals surface area contributed by atoms with Gasteiger partial charge in [-0.1, -0.05) is 32.5 Å². The smallest absolute Gasteiger partial charge is 0.170 e. The zero-order valence-corrected chi connectivity index (χ0v) is 12.4. The maximum absolute atomic E-state index is 9.51. The van der Waals surface area contributed by atoms with Crippen LogP contribution in [0.5, 0.6) is 0 Å². The van der Waals surface area contributed by atoms with Crippen LogP contribution in [0.15, 0.2) is 10.7 Å². The van der Waals surface area contributed by atoms with E-state index in [0.717, 1.165) is 10.8 Å². The van der Waals surface area contributed by atoms with Crippen LogP contribution in [0, 0.1) is 0 Å². The number of aliphatic hydroxyl groups excluding tert-OH is 1. The molecule has 2 N–H and O–H groups in total. The van der Waals surface area contributed by atoms with Gasteiger partial charge >= 0.3 is 0 Å². The molecule has 4 nitrogen and oxygen atoms in total. The number of rotatable bonds is 7. The molecule has 0 amide bonds. The van der Waals surface area contributed by atoms with Crippen molar-refractivity contribution < 1.29 is 5.11 Å². The highest BCUT2D eigenvalue weighted by Crippen LogP contribution is 2.29. The quantitative estimate of drug-likeness (QED) is 0.747. The van der Waals surface area contributed by atoms with Crippen LogP contribution in [-0.4, -0.2) is 37.9 Å². The molecule has 0 aliphatic carbocycles. The lowest BCUT2D eigenvalue weighted by Gasteiger charge is -2.33. The SMILES string of the molecule is CC(C)NC(C)(CO)CC(C)Sc1ncns1. The topological polar surface area (TPSA) is 58.0 Å². The average Bonchev–Trinajstić information content (AvgIpc) is 2.68. The van der Waals surface area contributed by atoms with Crippen molar-refractivity contribution >= 4 is 23.3 Å². The van der Waals surface area contributed by atoms with Crippen molar-refractivity contribution in [3.63, 3.8) is 0 Å². The zero-order chi connectivity index (χ0) is 12.9. The van der Waals surface area contributed by atoms with Gasteiger partial charge in [-0.15, -0.1) is 0 Å². The number of thioether (sulfide) groups is 1. The summed E-state index contributed by atoms with van der Waals surface area (Å²) in [5.74, 6) is 0. The highest BCUT2D eigenvalue weighted by molar-refractivity contribution is 8.01. The van der Waals surface area contributed by atoms with Gasteiger partial charge in [-0.3, -0.25) is 0 Å². The van der Waals surface area contributed by atoms with Gasteiger partial charge in [-0.25, -0.2) is 4.98 Å². The Balaban J connectivity index is 2.49. The number of hydrogen-bond donors (Lipinski definition) is 2. The number of hydrogen-bond acceptors (Lipinski definition) is 6. The third-order valence-corrected chi connectivity index (χ3v) is 4.22. The summed E-state index contributed by atoms with van der Waals surface area (Å²) in [6.45, 7) is 8.55. The molecule has 2 unspecified atom stereocenters. The molecule has 17 heavy (non-hydrogen) atoms. The summed E-state index contributed by atoms with van der Waals surface area (Å²) in [5.41, 5.74) is -0.231. The maximum atomic E-state index is 9.51. The minimum absolute atomic E-state index is 0.145. The second-order valence-corrected chi connectivity index (χ2v) is 7.32. The normalized spacial score (nSPS) is 17.1. The largest absolute Gasteiger partial charge is 0.394 e. The van der Waals surface area contributed by atoms with E-state index in [1.807, 2.05) is 0 Å². The van der Waals surface area contributed by atoms with E-state index >= 15 is 0 Å². The van der Waals surface area contributed by atoms with E-state index in [2.05, 4.69) is 42.4 Å². The maximum Gasteiger partial charge on any atom is 0.170 e. The van der Waals surface area contributed by atoms with Gasteiger partial charge in [0.2, 0.25) is 0 Å². The van der Waals surface area contributed by atoms with Crippen LogP contribution in [0.3, 0.4) is 0 Å². The third kappa shape index (κ3) is 5.33. The Labute approximate surface area is 111 Å². The van der Waals surface area contributed by atoms with Crippen LogP contribution in [0.25, 0.3) is 0 Å². The second kappa shape index (κ2) is 6.68. The molecule has 1 heterocycles. The molecule has 1 aromatic rings. The molecule has 1 rings (SSSR count). The summed E-state index contributed by atoms with van der Waals surface area (Å²) in [6, 6.07) is 0.367. The van der Waals surface area contributed by atoms with E-state index in [9.17, 15) is 5.11 Å². The summed E-state index contributed by atoms with van der Waals surface area (Å²) in [7, 11) is 0. The Morgan fingerprint density at radius 3 is 2.71 bits per heavy atom. The van der Waals surface area contributed by atoms with Gasteiger partial charge in [0.05, 0.1) is 6.61 Å². The monoisotopic (exact) mass is 275 g/mol. The predicted molar refractivity (Wildman–Crippen MR) is 73.6 cm³/mol. The highest BCUT2D eigenvalue weighted by atomic mass is 32.2. The van der Waals surface area contributed by atoms with Gasteiger partial charge in [0.1, 0.15) is 6.33 Å². The number of aliphatic hydroxyl groups is 1. The van der Waals surface area contributed by atoms with Crippen LogP contribution < -0.4 is 5.32 Å². The van der Waals surface area contributed by atoms with Crippen LogP contribution in [-0.2, 0) is 0 Å². The van der Waals surface area contributed by atoms with E-state index in [4.69, 9.17) is 0 Å². The molecule has 98 valence electrons. The van der Waals surface area contributed by atoms with Gasteiger partial charge in [0.25, 0.3) is 0 Å². The van der Waals surface area contributed by atoms with E-state index in [-0.39, 0.29) is 12.1 Å². The molecule has 0 spiro atoms. The summed E-state index contributed by atoms with van der Waals surface area (Å²) >= 11 is 3.13. The number of aromatic nitrogens is 2. The summed E-state index contributed by atoms with van der Waals surface area (Å²) in [4.78, 5) is 4.16. The molecule has 2 atom stereocenters. The fourth-order valence-electron chi connectivity index (χ4n) is 1.93. The van der Waals surface area contributed by atoms with Crippen molar-refractivity contribution in [2.24, 2.45) is 0 Å². The zero-order valence-electron chi connectivity index (χ0n) is 10.8. The molecule has 0 fully saturated rings. The Hall–Kier alpha value is -0.170. The highest BCUT2D eigenvalue weighted by Gasteiger charge is 2.27. The van der Waals surface area contributed by atoms with Crippen molar-refractivity contribution in [2.75, 3.05) is 6.61 Å². The standard InChI is InChI=1S/C11H21N3OS2/c1-8(2)14-11(4,6-15)5-9(3)16-10-12-7-13-17-10/h7-9,14-15H,5-6H2,1-4H3. The van der Waals surface area contributed by atoms with Crippen molar-refractivity contribution in [2.45, 2.75) is 55.3 Å². The first kappa shape index (κ1) is 14.9. The Morgan fingerprint density at radius 1 is 1.53 bits per heavy atom. The lowest BCUT2D eigenvalue weighted by atomic mass is 9.96. The van der Waals surface area contributed by atoms with Gasteiger partial charge in [0, 0.05) is 16.8 Å². The summed E-state index contributed by atoms with van der Waals surface area (Å²) in [6.07, 6.45) is 2.48. The Morgan fingerprint density at radius 2 is 2.24 bits per heavy atom. The second-order valence-electron chi connectivity index (χ2n) is 4.86. The van der Waals surface area contributed by atoms with Gasteiger partial charge in [-0.05, 0) is 24.9 Å². The number of nitrogens with one attached hydrogen (secondary N) is 1. The Kier molecular flexibility index (Phi) is 5.85. The lowest BCUT2D eigenvalue weighted by Crippen LogP contribution is -2.50. The molecule has 0 saturated heterocycles. The lowest BCUT2D eigenvalue weighted by molar-refractivity contribution is 0.157. The number of nitrogens with zero attached hydrogens (tertiary/aromatic N) is 2. The molecular weight excluding hydrogens is 254 g/mol. The molecule has 0 radical (unpaired) electrons. The van der Waals surface area contributed by atoms with Gasteiger partial charge in [-0.2, -0.15) is 4.37 Å². The van der Waals surface area contributed by atoms with Gasteiger partial charge in [0.15, 0.2) is 4.34 Å². The first-order valence-corrected chi connectivity index (χ1v) is 7.42. The van der Waals surface area contributed by atoms with Crippen molar-refractivity contribution in [3.8, 4) is 0 Å². The van der Waals surface area contributed by atoms with Crippen molar-refractivity contribution in [1.29, 1.82) is 0 Å². The van der Waals surface area contributed by atoms with E-state index in [1.54, 1.807) is 18.1 Å². The van der Waals surface area contributed by atoms with E-state index in [1.165, 1.54) is 11.5 Å². The fourth-order valence-corrected chi connectivity index (χ4v) is 3.91. The van der Waals surface area contributed by atoms with Crippen LogP contribution in [0.1, 0.15) is 34.1 Å². The fraction of sp³-hybridized carbons (Fsp3) is 0.818.